The Morgan fingerprint density at radius 2 is 2.43 bits per heavy atom. The Labute approximate surface area is 56.1 Å². The van der Waals surface area contributed by atoms with Crippen LogP contribution in [0.15, 0.2) is 0 Å². The molecule has 0 heterocycles. The second kappa shape index (κ2) is 3.20. The van der Waals surface area contributed by atoms with Crippen LogP contribution in [0.25, 0.3) is 0 Å². The minimum Gasteiger partial charge on any atom is -0.320 e. The number of hydrogen-bond donors (Lipinski definition) is 2. The highest BCUT2D eigenvalue weighted by Crippen LogP contribution is 1.76. The molecule has 1 atom stereocenters. The lowest BCUT2D eigenvalue weighted by Crippen LogP contribution is -2.33. The molecule has 4 heteroatoms. The summed E-state index contributed by atoms with van der Waals surface area (Å²) in [6, 6.07) is -0.392. The lowest BCUT2D eigenvalue weighted by molar-refractivity contribution is -0.119. The molecule has 0 unspecified atom stereocenters. The van der Waals surface area contributed by atoms with Crippen molar-refractivity contribution in [3.8, 4) is 0 Å². The zero-order valence-corrected chi connectivity index (χ0v) is 6.10. The summed E-state index contributed by atoms with van der Waals surface area (Å²) in [6.45, 7) is 1.63. The fourth-order valence-electron chi connectivity index (χ4n) is 0.0861. The first-order chi connectivity index (χ1) is 3.18. The van der Waals surface area contributed by atoms with Crippen molar-refractivity contribution in [2.45, 2.75) is 13.0 Å². The number of nitrogens with one attached hydrogen (secondary N) is 1. The number of carbonyl (C=O) groups excluding carboxylic acids is 1. The number of rotatable bonds is 1. The Balaban J connectivity index is 3.35. The first kappa shape index (κ1) is 7.16. The van der Waals surface area contributed by atoms with Crippen LogP contribution in [0.2, 0.25) is 0 Å². The highest BCUT2D eigenvalue weighted by Gasteiger charge is 2.01. The zero-order valence-electron chi connectivity index (χ0n) is 3.94. The summed E-state index contributed by atoms with van der Waals surface area (Å²) in [6.07, 6.45) is 0. The van der Waals surface area contributed by atoms with Crippen molar-refractivity contribution in [2.24, 2.45) is 5.73 Å². The standard InChI is InChI=1S/C3H7IN2O/c1-2(5)3(7)6-4/h2H,5H2,1H3,(H,6,7)/t2-/m1/s1. The highest BCUT2D eigenvalue weighted by molar-refractivity contribution is 14.1. The van der Waals surface area contributed by atoms with Gasteiger partial charge in [0.1, 0.15) is 0 Å². The van der Waals surface area contributed by atoms with Gasteiger partial charge in [0.25, 0.3) is 0 Å². The van der Waals surface area contributed by atoms with Gasteiger partial charge in [0.05, 0.1) is 28.9 Å². The monoisotopic (exact) mass is 214 g/mol. The van der Waals surface area contributed by atoms with E-state index in [0.29, 0.717) is 0 Å². The van der Waals surface area contributed by atoms with Crippen molar-refractivity contribution in [1.82, 2.24) is 3.53 Å². The minimum absolute atomic E-state index is 0.138. The van der Waals surface area contributed by atoms with E-state index < -0.39 is 6.04 Å². The molecule has 42 valence electrons. The molecular formula is C3H7IN2O. The molecule has 0 rings (SSSR count). The Hall–Kier alpha value is 0.160. The molecule has 0 aliphatic carbocycles. The third kappa shape index (κ3) is 2.81. The van der Waals surface area contributed by atoms with Crippen LogP contribution in [0.5, 0.6) is 0 Å². The van der Waals surface area contributed by atoms with Crippen molar-refractivity contribution in [3.63, 3.8) is 0 Å². The van der Waals surface area contributed by atoms with Gasteiger partial charge in [0.15, 0.2) is 0 Å². The average molecular weight is 214 g/mol. The molecule has 7 heavy (non-hydrogen) atoms. The molecule has 0 saturated heterocycles. The summed E-state index contributed by atoms with van der Waals surface area (Å²) < 4.78 is 2.37. The van der Waals surface area contributed by atoms with Gasteiger partial charge >= 0.3 is 0 Å². The first-order valence-corrected chi connectivity index (χ1v) is 2.92. The Morgan fingerprint density at radius 3 is 2.43 bits per heavy atom. The lowest BCUT2D eigenvalue weighted by Gasteiger charge is -1.97. The molecule has 0 aromatic rings. The van der Waals surface area contributed by atoms with E-state index in [9.17, 15) is 4.79 Å². The predicted octanol–water partition coefficient (Wildman–Crippen LogP) is -0.200. The van der Waals surface area contributed by atoms with E-state index >= 15 is 0 Å². The largest absolute Gasteiger partial charge is 0.320 e. The van der Waals surface area contributed by atoms with Crippen LogP contribution in [0.3, 0.4) is 0 Å². The minimum atomic E-state index is -0.392. The number of halogens is 1. The first-order valence-electron chi connectivity index (χ1n) is 1.84. The van der Waals surface area contributed by atoms with Gasteiger partial charge in [0.2, 0.25) is 5.91 Å². The van der Waals surface area contributed by atoms with E-state index in [1.165, 1.54) is 0 Å². The molecule has 1 amide bonds. The maximum Gasteiger partial charge on any atom is 0.245 e. The normalized spacial score (nSPS) is 13.0. The third-order valence-electron chi connectivity index (χ3n) is 0.507. The molecule has 3 nitrogen and oxygen atoms in total. The quantitative estimate of drug-likeness (QED) is 0.469. The number of hydrogen-bond acceptors (Lipinski definition) is 2. The fraction of sp³-hybridized carbons (Fsp3) is 0.667. The summed E-state index contributed by atoms with van der Waals surface area (Å²) in [5, 5.41) is 0. The van der Waals surface area contributed by atoms with Gasteiger partial charge in [-0.3, -0.25) is 8.32 Å². The third-order valence-corrected chi connectivity index (χ3v) is 1.04. The number of nitrogens with two attached hydrogens (primary N) is 1. The topological polar surface area (TPSA) is 55.1 Å². The van der Waals surface area contributed by atoms with E-state index in [2.05, 4.69) is 3.53 Å². The van der Waals surface area contributed by atoms with Gasteiger partial charge in [-0.25, -0.2) is 0 Å². The SMILES string of the molecule is C[C@@H](N)C(=O)NI. The summed E-state index contributed by atoms with van der Waals surface area (Å²) in [5.74, 6) is -0.138. The van der Waals surface area contributed by atoms with Crippen molar-refractivity contribution >= 4 is 28.8 Å². The molecule has 0 radical (unpaired) electrons. The molecule has 0 saturated carbocycles. The highest BCUT2D eigenvalue weighted by atomic mass is 127. The molecule has 0 spiro atoms. The van der Waals surface area contributed by atoms with Crippen LogP contribution in [0, 0.1) is 0 Å². The van der Waals surface area contributed by atoms with Gasteiger partial charge < -0.3 is 5.73 Å². The summed E-state index contributed by atoms with van der Waals surface area (Å²) >= 11 is 1.75. The van der Waals surface area contributed by atoms with Crippen LogP contribution in [0.4, 0.5) is 0 Å². The zero-order chi connectivity index (χ0) is 5.86. The lowest BCUT2D eigenvalue weighted by atomic mass is 10.4. The summed E-state index contributed by atoms with van der Waals surface area (Å²) in [5.41, 5.74) is 5.13. The average Bonchev–Trinajstić information content (AvgIpc) is 1.65. The molecule has 0 bridgehead atoms. The van der Waals surface area contributed by atoms with Crippen molar-refractivity contribution in [1.29, 1.82) is 0 Å². The van der Waals surface area contributed by atoms with Crippen LogP contribution < -0.4 is 9.26 Å². The number of carbonyl (C=O) groups is 1. The molecule has 0 aromatic carbocycles. The maximum atomic E-state index is 10.3. The van der Waals surface area contributed by atoms with Gasteiger partial charge in [-0.15, -0.1) is 0 Å². The summed E-state index contributed by atoms with van der Waals surface area (Å²) in [4.78, 5) is 10.3. The second-order valence-corrected chi connectivity index (χ2v) is 1.79. The van der Waals surface area contributed by atoms with Crippen LogP contribution in [0.1, 0.15) is 6.92 Å². The second-order valence-electron chi connectivity index (χ2n) is 1.25. The van der Waals surface area contributed by atoms with Crippen LogP contribution in [-0.4, -0.2) is 11.9 Å². The molecule has 0 aromatic heterocycles. The van der Waals surface area contributed by atoms with Crippen LogP contribution >= 0.6 is 22.9 Å². The van der Waals surface area contributed by atoms with Gasteiger partial charge in [0, 0.05) is 0 Å². The van der Waals surface area contributed by atoms with E-state index in [4.69, 9.17) is 5.73 Å². The van der Waals surface area contributed by atoms with Gasteiger partial charge in [-0.05, 0) is 6.92 Å². The van der Waals surface area contributed by atoms with Crippen molar-refractivity contribution in [2.75, 3.05) is 0 Å². The Morgan fingerprint density at radius 1 is 2.00 bits per heavy atom. The molecule has 0 aliphatic rings. The molecule has 3 N–H and O–H groups in total. The van der Waals surface area contributed by atoms with Crippen molar-refractivity contribution in [3.05, 3.63) is 0 Å². The molecular weight excluding hydrogens is 207 g/mol. The predicted molar refractivity (Wildman–Crippen MR) is 35.8 cm³/mol. The van der Waals surface area contributed by atoms with E-state index in [0.717, 1.165) is 0 Å². The molecule has 0 fully saturated rings. The van der Waals surface area contributed by atoms with Crippen molar-refractivity contribution < 1.29 is 4.79 Å². The van der Waals surface area contributed by atoms with Crippen LogP contribution in [-0.2, 0) is 4.79 Å². The molecule has 0 aliphatic heterocycles. The summed E-state index contributed by atoms with van der Waals surface area (Å²) in [7, 11) is 0. The smallest absolute Gasteiger partial charge is 0.245 e. The maximum absolute atomic E-state index is 10.3. The van der Waals surface area contributed by atoms with Gasteiger partial charge in [-0.1, -0.05) is 0 Å². The number of amides is 1. The van der Waals surface area contributed by atoms with E-state index in [1.807, 2.05) is 0 Å². The van der Waals surface area contributed by atoms with E-state index in [-0.39, 0.29) is 5.91 Å². The Kier molecular flexibility index (Phi) is 3.27. The fourth-order valence-corrected chi connectivity index (χ4v) is 0.577. The van der Waals surface area contributed by atoms with E-state index in [1.54, 1.807) is 29.8 Å². The Bertz CT molecular complexity index is 73.3. The van der Waals surface area contributed by atoms with Gasteiger partial charge in [-0.2, -0.15) is 0 Å².